The zero-order valence-corrected chi connectivity index (χ0v) is 35.4. The summed E-state index contributed by atoms with van der Waals surface area (Å²) < 4.78 is 49.1. The molecule has 27 heteroatoms. The molecule has 318 valence electrons. The monoisotopic (exact) mass is 928 g/mol. The van der Waals surface area contributed by atoms with Crippen LogP contribution >= 0.6 is 34.3 Å². The fourth-order valence-electron chi connectivity index (χ4n) is 6.55. The number of nitrogens with one attached hydrogen (secondary N) is 6. The van der Waals surface area contributed by atoms with Crippen LogP contribution in [0.4, 0.5) is 31.2 Å². The quantitative estimate of drug-likeness (QED) is 0.0806. The van der Waals surface area contributed by atoms with Gasteiger partial charge in [-0.15, -0.1) is 10.2 Å². The van der Waals surface area contributed by atoms with Crippen molar-refractivity contribution in [2.24, 2.45) is 11.8 Å². The van der Waals surface area contributed by atoms with Gasteiger partial charge in [0.05, 0.1) is 23.8 Å². The summed E-state index contributed by atoms with van der Waals surface area (Å²) in [5.74, 6) is -0.143. The first-order valence-corrected chi connectivity index (χ1v) is 23.3. The third kappa shape index (κ3) is 10.1. The van der Waals surface area contributed by atoms with Crippen molar-refractivity contribution in [1.29, 1.82) is 0 Å². The van der Waals surface area contributed by atoms with Crippen LogP contribution in [0.1, 0.15) is 72.1 Å². The number of sulfone groups is 2. The topological polar surface area (TPSA) is 319 Å². The Hall–Kier alpha value is -6.09. The molecule has 0 aliphatic heterocycles. The summed E-state index contributed by atoms with van der Waals surface area (Å²) in [6, 6.07) is 10.2. The summed E-state index contributed by atoms with van der Waals surface area (Å²) in [7, 11) is -7.97. The zero-order chi connectivity index (χ0) is 43.1. The predicted octanol–water partition coefficient (Wildman–Crippen LogP) is 5.67. The smallest absolute Gasteiger partial charge is 0.307 e. The molecule has 2 aliphatic carbocycles. The number of tetrazole rings is 2. The average Bonchev–Trinajstić information content (AvgIpc) is 4.09. The number of carbonyl (C=O) groups excluding carboxylic acids is 4. The number of carbonyl (C=O) groups is 4. The van der Waals surface area contributed by atoms with E-state index >= 15 is 0 Å². The van der Waals surface area contributed by atoms with Crippen LogP contribution in [0.5, 0.6) is 0 Å². The molecule has 2 saturated carbocycles. The molecule has 2 fully saturated rings. The van der Waals surface area contributed by atoms with Crippen LogP contribution in [-0.4, -0.2) is 91.7 Å². The molecule has 6 N–H and O–H groups in total. The SMILES string of the molecule is O=C(Nc1ncc(S(=O)(=O)c2nn[nH]n2)s1)Nc1ccc(Cl)cc1C(=O)C1CCCC1.O=C(Nc1ncc(S(=O)(=O)c2nn[nH]n2)s1)Nc1ccccc1C(=O)C1CCCC1. The normalized spacial score (nSPS) is 14.5. The van der Waals surface area contributed by atoms with E-state index in [0.717, 1.165) is 86.4 Å². The van der Waals surface area contributed by atoms with E-state index in [1.165, 1.54) is 6.07 Å². The molecule has 0 radical (unpaired) electrons. The number of rotatable bonds is 12. The lowest BCUT2D eigenvalue weighted by Gasteiger charge is -2.14. The number of hydrogen-bond acceptors (Lipinski definition) is 18. The van der Waals surface area contributed by atoms with Crippen LogP contribution in [-0.2, 0) is 19.7 Å². The summed E-state index contributed by atoms with van der Waals surface area (Å²) >= 11 is 7.54. The van der Waals surface area contributed by atoms with Crippen LogP contribution in [0.2, 0.25) is 5.02 Å². The second-order valence-electron chi connectivity index (χ2n) is 13.4. The number of halogens is 1. The van der Waals surface area contributed by atoms with E-state index in [2.05, 4.69) is 72.5 Å². The van der Waals surface area contributed by atoms with Gasteiger partial charge in [-0.1, -0.05) is 82.3 Å². The number of amides is 4. The number of Topliss-reactive ketones (excluding diaryl/α,β-unsaturated/α-hetero) is 2. The number of aromatic amines is 2. The maximum absolute atomic E-state index is 12.9. The molecule has 4 amide bonds. The number of H-pyrrole nitrogens is 2. The number of para-hydroxylation sites is 1. The van der Waals surface area contributed by atoms with Crippen molar-refractivity contribution in [2.45, 2.75) is 70.1 Å². The van der Waals surface area contributed by atoms with Gasteiger partial charge in [0.15, 0.2) is 21.8 Å². The highest BCUT2D eigenvalue weighted by Gasteiger charge is 2.30. The van der Waals surface area contributed by atoms with Gasteiger partial charge in [0.1, 0.15) is 8.42 Å². The van der Waals surface area contributed by atoms with Crippen molar-refractivity contribution in [2.75, 3.05) is 21.3 Å². The fourth-order valence-corrected chi connectivity index (χ4v) is 11.0. The van der Waals surface area contributed by atoms with Gasteiger partial charge >= 0.3 is 12.1 Å². The Bertz CT molecular complexity index is 2770. The first-order valence-electron chi connectivity index (χ1n) is 18.3. The second kappa shape index (κ2) is 18.7. The second-order valence-corrected chi connectivity index (χ2v) is 20.1. The molecule has 6 aromatic rings. The van der Waals surface area contributed by atoms with Gasteiger partial charge < -0.3 is 10.6 Å². The number of anilines is 4. The minimum absolute atomic E-state index is 0.0196. The number of ketones is 2. The molecule has 0 unspecified atom stereocenters. The van der Waals surface area contributed by atoms with E-state index in [1.54, 1.807) is 36.4 Å². The molecule has 8 rings (SSSR count). The molecule has 2 aromatic carbocycles. The highest BCUT2D eigenvalue weighted by Crippen LogP contribution is 2.34. The van der Waals surface area contributed by atoms with E-state index in [0.29, 0.717) is 27.5 Å². The van der Waals surface area contributed by atoms with E-state index < -0.39 is 42.0 Å². The van der Waals surface area contributed by atoms with Crippen molar-refractivity contribution >= 4 is 99.2 Å². The van der Waals surface area contributed by atoms with Gasteiger partial charge in [0, 0.05) is 28.0 Å². The molecule has 2 aliphatic rings. The molecule has 61 heavy (non-hydrogen) atoms. The van der Waals surface area contributed by atoms with Crippen molar-refractivity contribution in [3.63, 3.8) is 0 Å². The highest BCUT2D eigenvalue weighted by molar-refractivity contribution is 7.93. The summed E-state index contributed by atoms with van der Waals surface area (Å²) in [4.78, 5) is 58.3. The Morgan fingerprint density at radius 1 is 0.623 bits per heavy atom. The number of thiazole rings is 2. The summed E-state index contributed by atoms with van der Waals surface area (Å²) in [6.45, 7) is 0. The number of aromatic nitrogens is 10. The third-order valence-electron chi connectivity index (χ3n) is 9.46. The Balaban J connectivity index is 0.000000184. The molecule has 0 saturated heterocycles. The Morgan fingerprint density at radius 2 is 1.08 bits per heavy atom. The summed E-state index contributed by atoms with van der Waals surface area (Å²) in [5.41, 5.74) is 1.51. The molecular weight excluding hydrogens is 896 g/mol. The lowest BCUT2D eigenvalue weighted by atomic mass is 9.95. The van der Waals surface area contributed by atoms with Crippen molar-refractivity contribution in [3.05, 3.63) is 71.0 Å². The number of benzene rings is 2. The van der Waals surface area contributed by atoms with E-state index in [-0.39, 0.29) is 42.1 Å². The first kappa shape index (κ1) is 43.0. The number of urea groups is 2. The van der Waals surface area contributed by atoms with Crippen LogP contribution in [0.3, 0.4) is 0 Å². The van der Waals surface area contributed by atoms with Crippen LogP contribution < -0.4 is 21.3 Å². The van der Waals surface area contributed by atoms with Crippen molar-refractivity contribution in [3.8, 4) is 0 Å². The molecule has 0 bridgehead atoms. The van der Waals surface area contributed by atoms with E-state index in [4.69, 9.17) is 11.6 Å². The molecule has 22 nitrogen and oxygen atoms in total. The maximum atomic E-state index is 12.9. The van der Waals surface area contributed by atoms with Crippen LogP contribution in [0, 0.1) is 11.8 Å². The molecule has 4 heterocycles. The molecule has 4 aromatic heterocycles. The summed E-state index contributed by atoms with van der Waals surface area (Å²) in [5, 5.41) is 34.2. The summed E-state index contributed by atoms with van der Waals surface area (Å²) in [6.07, 6.45) is 9.59. The van der Waals surface area contributed by atoms with Gasteiger partial charge in [-0.05, 0) is 66.4 Å². The van der Waals surface area contributed by atoms with E-state index in [9.17, 15) is 36.0 Å². The standard InChI is InChI=1S/C17H16ClN7O4S2.C17H17N7O4S2/c18-10-5-6-12(11(7-10)14(26)9-3-1-2-4-9)20-15(27)21-16-19-8-13(30-16)31(28,29)17-22-24-25-23-17;25-14(10-5-1-2-6-10)11-7-3-4-8-12(11)19-15(26)20-16-18-9-13(29-16)30(27,28)17-21-23-24-22-17/h5-9H,1-4H2,(H2,19,20,21,27)(H,22,23,24,25);3-4,7-10H,1-2,5-6H2,(H2,18,19,20,26)(H,21,22,23,24). The predicted molar refractivity (Wildman–Crippen MR) is 219 cm³/mol. The van der Waals surface area contributed by atoms with Gasteiger partial charge in [-0.2, -0.15) is 10.4 Å². The third-order valence-corrected chi connectivity index (χ3v) is 15.5. The average molecular weight is 929 g/mol. The van der Waals surface area contributed by atoms with Crippen molar-refractivity contribution < 1.29 is 36.0 Å². The van der Waals surface area contributed by atoms with Gasteiger partial charge in [0.2, 0.25) is 0 Å². The van der Waals surface area contributed by atoms with Crippen molar-refractivity contribution in [1.82, 2.24) is 51.2 Å². The largest absolute Gasteiger partial charge is 0.325 e. The van der Waals surface area contributed by atoms with Gasteiger partial charge in [0.25, 0.3) is 30.0 Å². The molecule has 0 spiro atoms. The van der Waals surface area contributed by atoms with Gasteiger partial charge in [-0.3, -0.25) is 20.2 Å². The van der Waals surface area contributed by atoms with Crippen LogP contribution in [0.15, 0.2) is 73.6 Å². The first-order chi connectivity index (χ1) is 29.3. The Morgan fingerprint density at radius 3 is 1.56 bits per heavy atom. The number of nitrogens with zero attached hydrogens (tertiary/aromatic N) is 8. The maximum Gasteiger partial charge on any atom is 0.325 e. The highest BCUT2D eigenvalue weighted by atomic mass is 35.5. The lowest BCUT2D eigenvalue weighted by Crippen LogP contribution is -2.22. The molecule has 0 atom stereocenters. The minimum atomic E-state index is -3.99. The van der Waals surface area contributed by atoms with Crippen LogP contribution in [0.25, 0.3) is 0 Å². The fraction of sp³-hybridized carbons (Fsp3) is 0.294. The lowest BCUT2D eigenvalue weighted by molar-refractivity contribution is 0.0916. The molecular formula is C34H33ClN14O8S4. The zero-order valence-electron chi connectivity index (χ0n) is 31.4. The van der Waals surface area contributed by atoms with Gasteiger partial charge in [-0.25, -0.2) is 36.4 Å². The Kier molecular flexibility index (Phi) is 13.2. The number of hydrogen-bond donors (Lipinski definition) is 6. The Labute approximate surface area is 358 Å². The minimum Gasteiger partial charge on any atom is -0.307 e. The van der Waals surface area contributed by atoms with E-state index in [1.807, 2.05) is 0 Å².